The van der Waals surface area contributed by atoms with Gasteiger partial charge in [-0.3, -0.25) is 14.6 Å². The van der Waals surface area contributed by atoms with Gasteiger partial charge in [-0.1, -0.05) is 0 Å². The van der Waals surface area contributed by atoms with Crippen molar-refractivity contribution in [1.82, 2.24) is 14.8 Å². The number of carbonyl (C=O) groups excluding carboxylic acids is 2. The normalized spacial score (nSPS) is 25.9. The molecule has 2 saturated heterocycles. The predicted molar refractivity (Wildman–Crippen MR) is 96.4 cm³/mol. The van der Waals surface area contributed by atoms with Crippen LogP contribution in [-0.4, -0.2) is 66.0 Å². The molecule has 1 aromatic rings. The van der Waals surface area contributed by atoms with Gasteiger partial charge >= 0.3 is 0 Å². The minimum absolute atomic E-state index is 0.0593. The number of hydrogen-bond donors (Lipinski definition) is 0. The van der Waals surface area contributed by atoms with Crippen LogP contribution in [0.15, 0.2) is 24.5 Å². The summed E-state index contributed by atoms with van der Waals surface area (Å²) in [6.07, 6.45) is 7.63. The minimum atomic E-state index is 0.0593. The van der Waals surface area contributed by atoms with Crippen molar-refractivity contribution in [3.8, 4) is 0 Å². The van der Waals surface area contributed by atoms with E-state index in [0.717, 1.165) is 18.9 Å². The van der Waals surface area contributed by atoms with Crippen LogP contribution in [0.1, 0.15) is 37.2 Å². The molecule has 6 heteroatoms. The van der Waals surface area contributed by atoms with Gasteiger partial charge in [-0.25, -0.2) is 0 Å². The molecule has 26 heavy (non-hydrogen) atoms. The molecule has 3 heterocycles. The number of nitrogens with zero attached hydrogens (tertiary/aromatic N) is 3. The molecule has 3 aliphatic rings. The van der Waals surface area contributed by atoms with E-state index < -0.39 is 0 Å². The van der Waals surface area contributed by atoms with Crippen LogP contribution in [0.25, 0.3) is 0 Å². The molecule has 1 aliphatic carbocycles. The maximum atomic E-state index is 12.7. The van der Waals surface area contributed by atoms with E-state index >= 15 is 0 Å². The number of pyridine rings is 1. The Morgan fingerprint density at radius 1 is 1.19 bits per heavy atom. The predicted octanol–water partition coefficient (Wildman–Crippen LogP) is 1.67. The zero-order valence-electron chi connectivity index (χ0n) is 15.2. The summed E-state index contributed by atoms with van der Waals surface area (Å²) in [5.74, 6) is 1.48. The van der Waals surface area contributed by atoms with E-state index in [-0.39, 0.29) is 24.3 Å². The van der Waals surface area contributed by atoms with Crippen LogP contribution in [0.2, 0.25) is 0 Å². The smallest absolute Gasteiger partial charge is 0.242 e. The summed E-state index contributed by atoms with van der Waals surface area (Å²) >= 11 is 0. The van der Waals surface area contributed by atoms with Crippen molar-refractivity contribution in [3.63, 3.8) is 0 Å². The van der Waals surface area contributed by atoms with Crippen LogP contribution < -0.4 is 0 Å². The van der Waals surface area contributed by atoms with E-state index in [9.17, 15) is 9.59 Å². The fraction of sp³-hybridized carbons (Fsp3) is 0.650. The second-order valence-electron chi connectivity index (χ2n) is 7.85. The van der Waals surface area contributed by atoms with Gasteiger partial charge in [-0.05, 0) is 42.9 Å². The maximum absolute atomic E-state index is 12.7. The quantitative estimate of drug-likeness (QED) is 0.745. The molecule has 3 fully saturated rings. The molecule has 1 saturated carbocycles. The first-order chi connectivity index (χ1) is 12.7. The number of hydrogen-bond acceptors (Lipinski definition) is 4. The number of rotatable bonds is 7. The molecular formula is C20H27N3O3. The number of ether oxygens (including phenoxy) is 1. The first-order valence-electron chi connectivity index (χ1n) is 9.74. The Balaban J connectivity index is 1.39. The standard InChI is InChI=1S/C20H27N3O3/c24-19-2-1-9-22(19)12-20(25)23-10-17(14-26-13-15-3-4-15)18(11-23)16-5-7-21-8-6-16/h5-8,15,17-18H,1-4,9-14H2. The van der Waals surface area contributed by atoms with Crippen molar-refractivity contribution in [2.75, 3.05) is 39.4 Å². The van der Waals surface area contributed by atoms with Crippen LogP contribution in [0.4, 0.5) is 0 Å². The fourth-order valence-electron chi connectivity index (χ4n) is 4.04. The molecule has 0 N–H and O–H groups in total. The number of amides is 2. The van der Waals surface area contributed by atoms with Gasteiger partial charge in [0.2, 0.25) is 11.8 Å². The third-order valence-electron chi connectivity index (χ3n) is 5.81. The van der Waals surface area contributed by atoms with Crippen LogP contribution in [0.5, 0.6) is 0 Å². The average Bonchev–Trinajstić information content (AvgIpc) is 3.24. The Bertz CT molecular complexity index is 647. The Kier molecular flexibility index (Phi) is 5.20. The van der Waals surface area contributed by atoms with Crippen molar-refractivity contribution >= 4 is 11.8 Å². The molecule has 140 valence electrons. The minimum Gasteiger partial charge on any atom is -0.381 e. The van der Waals surface area contributed by atoms with Gasteiger partial charge < -0.3 is 14.5 Å². The van der Waals surface area contributed by atoms with E-state index in [1.165, 1.54) is 18.4 Å². The van der Waals surface area contributed by atoms with Gasteiger partial charge in [-0.2, -0.15) is 0 Å². The third-order valence-corrected chi connectivity index (χ3v) is 5.81. The molecule has 2 atom stereocenters. The van der Waals surface area contributed by atoms with E-state index in [2.05, 4.69) is 4.98 Å². The van der Waals surface area contributed by atoms with Crippen molar-refractivity contribution in [2.45, 2.75) is 31.6 Å². The third kappa shape index (κ3) is 4.06. The zero-order chi connectivity index (χ0) is 17.9. The van der Waals surface area contributed by atoms with E-state index in [1.54, 1.807) is 4.90 Å². The lowest BCUT2D eigenvalue weighted by Crippen LogP contribution is -2.40. The van der Waals surface area contributed by atoms with Crippen LogP contribution >= 0.6 is 0 Å². The molecule has 0 aromatic carbocycles. The Morgan fingerprint density at radius 3 is 2.69 bits per heavy atom. The Morgan fingerprint density at radius 2 is 2.00 bits per heavy atom. The lowest BCUT2D eigenvalue weighted by Gasteiger charge is -2.21. The number of carbonyl (C=O) groups is 2. The highest BCUT2D eigenvalue weighted by atomic mass is 16.5. The molecule has 2 unspecified atom stereocenters. The molecule has 6 nitrogen and oxygen atoms in total. The molecule has 1 aromatic heterocycles. The lowest BCUT2D eigenvalue weighted by molar-refractivity contribution is -0.137. The fourth-order valence-corrected chi connectivity index (χ4v) is 4.04. The zero-order valence-corrected chi connectivity index (χ0v) is 15.2. The van der Waals surface area contributed by atoms with Crippen LogP contribution in [0, 0.1) is 11.8 Å². The van der Waals surface area contributed by atoms with E-state index in [1.807, 2.05) is 29.4 Å². The van der Waals surface area contributed by atoms with E-state index in [0.29, 0.717) is 38.6 Å². The van der Waals surface area contributed by atoms with Gasteiger partial charge in [0.05, 0.1) is 13.2 Å². The molecule has 2 aliphatic heterocycles. The summed E-state index contributed by atoms with van der Waals surface area (Å²) in [4.78, 5) is 32.3. The first-order valence-corrected chi connectivity index (χ1v) is 9.74. The molecule has 4 rings (SSSR count). The summed E-state index contributed by atoms with van der Waals surface area (Å²) in [5.41, 5.74) is 1.22. The van der Waals surface area contributed by atoms with Crippen LogP contribution in [-0.2, 0) is 14.3 Å². The first kappa shape index (κ1) is 17.5. The largest absolute Gasteiger partial charge is 0.381 e. The van der Waals surface area contributed by atoms with Crippen molar-refractivity contribution in [3.05, 3.63) is 30.1 Å². The lowest BCUT2D eigenvalue weighted by atomic mass is 9.90. The Hall–Kier alpha value is -1.95. The summed E-state index contributed by atoms with van der Waals surface area (Å²) in [5, 5.41) is 0. The second-order valence-corrected chi connectivity index (χ2v) is 7.85. The van der Waals surface area contributed by atoms with Gasteiger partial charge in [0.1, 0.15) is 0 Å². The Labute approximate surface area is 154 Å². The molecule has 0 bridgehead atoms. The molecule has 2 amide bonds. The van der Waals surface area contributed by atoms with Gasteiger partial charge in [0.25, 0.3) is 0 Å². The summed E-state index contributed by atoms with van der Waals surface area (Å²) in [6.45, 7) is 3.87. The monoisotopic (exact) mass is 357 g/mol. The summed E-state index contributed by atoms with van der Waals surface area (Å²) in [7, 11) is 0. The van der Waals surface area contributed by atoms with Gasteiger partial charge in [0.15, 0.2) is 0 Å². The summed E-state index contributed by atoms with van der Waals surface area (Å²) < 4.78 is 5.95. The highest BCUT2D eigenvalue weighted by molar-refractivity contribution is 5.86. The van der Waals surface area contributed by atoms with Crippen molar-refractivity contribution in [2.24, 2.45) is 11.8 Å². The number of aromatic nitrogens is 1. The average molecular weight is 357 g/mol. The molecule has 0 radical (unpaired) electrons. The SMILES string of the molecule is O=C1CCCN1CC(=O)N1CC(COCC2CC2)C(c2ccncc2)C1. The maximum Gasteiger partial charge on any atom is 0.242 e. The summed E-state index contributed by atoms with van der Waals surface area (Å²) in [6, 6.07) is 4.08. The number of likely N-dealkylation sites (tertiary alicyclic amines) is 2. The highest BCUT2D eigenvalue weighted by Gasteiger charge is 2.37. The second kappa shape index (κ2) is 7.74. The van der Waals surface area contributed by atoms with Crippen molar-refractivity contribution in [1.29, 1.82) is 0 Å². The van der Waals surface area contributed by atoms with Crippen molar-refractivity contribution < 1.29 is 14.3 Å². The van der Waals surface area contributed by atoms with Gasteiger partial charge in [-0.15, -0.1) is 0 Å². The van der Waals surface area contributed by atoms with E-state index in [4.69, 9.17) is 4.74 Å². The van der Waals surface area contributed by atoms with Crippen LogP contribution in [0.3, 0.4) is 0 Å². The topological polar surface area (TPSA) is 62.7 Å². The highest BCUT2D eigenvalue weighted by Crippen LogP contribution is 2.34. The van der Waals surface area contributed by atoms with Gasteiger partial charge in [0, 0.05) is 56.9 Å². The molecule has 0 spiro atoms. The molecular weight excluding hydrogens is 330 g/mol.